The minimum Gasteiger partial charge on any atom is -0.407 e. The van der Waals surface area contributed by atoms with Crippen molar-refractivity contribution in [2.45, 2.75) is 37.8 Å². The van der Waals surface area contributed by atoms with E-state index in [4.69, 9.17) is 4.43 Å². The Morgan fingerprint density at radius 2 is 1.50 bits per heavy atom. The maximum absolute atomic E-state index is 9.77. The van der Waals surface area contributed by atoms with E-state index in [1.54, 1.807) is 11.8 Å². The standard InChI is InChI=1S/C29H30N2OSSi/c1-29(2,3)23-15-17-27(31-24(20-30)16-18-28(31)33-4)22(19-23)21-32-34(25-11-7-5-8-12-25)26-13-9-6-10-14-26/h5-19,34H,21H2,1-4H3. The van der Waals surface area contributed by atoms with Crippen molar-refractivity contribution in [3.8, 4) is 11.8 Å². The summed E-state index contributed by atoms with van der Waals surface area (Å²) in [6.45, 7) is 7.16. The molecule has 4 rings (SSSR count). The average Bonchev–Trinajstić information content (AvgIpc) is 3.28. The smallest absolute Gasteiger partial charge is 0.240 e. The lowest BCUT2D eigenvalue weighted by atomic mass is 9.86. The van der Waals surface area contributed by atoms with Crippen LogP contribution in [0.5, 0.6) is 0 Å². The van der Waals surface area contributed by atoms with Crippen LogP contribution in [0, 0.1) is 11.3 Å². The Bertz CT molecular complexity index is 1250. The van der Waals surface area contributed by atoms with Crippen molar-refractivity contribution in [2.24, 2.45) is 0 Å². The molecular weight excluding hydrogens is 452 g/mol. The van der Waals surface area contributed by atoms with E-state index in [0.717, 1.165) is 16.3 Å². The minimum atomic E-state index is -1.90. The van der Waals surface area contributed by atoms with Crippen LogP contribution in [-0.2, 0) is 16.4 Å². The predicted octanol–water partition coefficient (Wildman–Crippen LogP) is 5.42. The Balaban J connectivity index is 1.78. The first-order chi connectivity index (χ1) is 16.4. The molecule has 0 radical (unpaired) electrons. The number of benzene rings is 3. The fraction of sp³-hybridized carbons (Fsp3) is 0.207. The highest BCUT2D eigenvalue weighted by Gasteiger charge is 2.22. The second-order valence-corrected chi connectivity index (χ2v) is 12.6. The lowest BCUT2D eigenvalue weighted by Crippen LogP contribution is -2.44. The quantitative estimate of drug-likeness (QED) is 0.261. The average molecular weight is 483 g/mol. The van der Waals surface area contributed by atoms with Gasteiger partial charge in [-0.1, -0.05) is 93.6 Å². The molecule has 0 atom stereocenters. The van der Waals surface area contributed by atoms with Gasteiger partial charge in [-0.05, 0) is 45.8 Å². The molecule has 0 aliphatic heterocycles. The Labute approximate surface area is 208 Å². The molecule has 0 amide bonds. The third kappa shape index (κ3) is 5.20. The van der Waals surface area contributed by atoms with Crippen molar-refractivity contribution in [3.63, 3.8) is 0 Å². The highest BCUT2D eigenvalue weighted by molar-refractivity contribution is 7.98. The van der Waals surface area contributed by atoms with Crippen LogP contribution in [0.2, 0.25) is 0 Å². The van der Waals surface area contributed by atoms with Crippen molar-refractivity contribution in [3.05, 3.63) is 108 Å². The molecule has 172 valence electrons. The fourth-order valence-corrected chi connectivity index (χ4v) is 6.96. The molecule has 1 heterocycles. The second-order valence-electron chi connectivity index (χ2n) is 9.31. The zero-order chi connectivity index (χ0) is 24.1. The van der Waals surface area contributed by atoms with Crippen molar-refractivity contribution >= 4 is 31.2 Å². The van der Waals surface area contributed by atoms with Crippen molar-refractivity contribution in [1.82, 2.24) is 4.57 Å². The number of nitriles is 1. The third-order valence-corrected chi connectivity index (χ3v) is 9.18. The van der Waals surface area contributed by atoms with Crippen LogP contribution in [-0.4, -0.2) is 19.9 Å². The summed E-state index contributed by atoms with van der Waals surface area (Å²) >= 11 is 1.64. The summed E-state index contributed by atoms with van der Waals surface area (Å²) in [5.74, 6) is 0. The van der Waals surface area contributed by atoms with E-state index >= 15 is 0 Å². The number of hydrogen-bond acceptors (Lipinski definition) is 3. The molecule has 0 saturated carbocycles. The molecule has 0 aliphatic carbocycles. The van der Waals surface area contributed by atoms with Crippen molar-refractivity contribution in [1.29, 1.82) is 5.26 Å². The number of thioether (sulfide) groups is 1. The predicted molar refractivity (Wildman–Crippen MR) is 145 cm³/mol. The number of nitrogens with zero attached hydrogens (tertiary/aromatic N) is 2. The molecule has 0 aliphatic rings. The van der Waals surface area contributed by atoms with Crippen LogP contribution in [0.25, 0.3) is 5.69 Å². The summed E-state index contributed by atoms with van der Waals surface area (Å²) in [6.07, 6.45) is 2.04. The van der Waals surface area contributed by atoms with Gasteiger partial charge in [-0.25, -0.2) is 0 Å². The molecule has 0 fully saturated rings. The first-order valence-electron chi connectivity index (χ1n) is 11.4. The lowest BCUT2D eigenvalue weighted by Gasteiger charge is -2.24. The molecule has 1 aromatic heterocycles. The van der Waals surface area contributed by atoms with Gasteiger partial charge in [0.15, 0.2) is 0 Å². The Kier molecular flexibility index (Phi) is 7.43. The van der Waals surface area contributed by atoms with Crippen LogP contribution in [0.4, 0.5) is 0 Å². The lowest BCUT2D eigenvalue weighted by molar-refractivity contribution is 0.320. The Morgan fingerprint density at radius 1 is 0.882 bits per heavy atom. The van der Waals surface area contributed by atoms with E-state index < -0.39 is 9.04 Å². The zero-order valence-corrected chi connectivity index (χ0v) is 22.1. The maximum atomic E-state index is 9.77. The summed E-state index contributed by atoms with van der Waals surface area (Å²) in [7, 11) is -1.90. The molecule has 0 saturated heterocycles. The topological polar surface area (TPSA) is 38.0 Å². The number of aromatic nitrogens is 1. The molecule has 0 spiro atoms. The minimum absolute atomic E-state index is 0.0139. The molecule has 34 heavy (non-hydrogen) atoms. The first kappa shape index (κ1) is 24.1. The van der Waals surface area contributed by atoms with Crippen molar-refractivity contribution in [2.75, 3.05) is 6.26 Å². The van der Waals surface area contributed by atoms with E-state index in [2.05, 4.69) is 98.1 Å². The van der Waals surface area contributed by atoms with Crippen LogP contribution in [0.15, 0.2) is 96.0 Å². The second kappa shape index (κ2) is 10.5. The summed E-state index contributed by atoms with van der Waals surface area (Å²) in [5.41, 5.74) is 4.01. The van der Waals surface area contributed by atoms with Gasteiger partial charge in [0.1, 0.15) is 11.8 Å². The van der Waals surface area contributed by atoms with Crippen LogP contribution in [0.1, 0.15) is 37.6 Å². The van der Waals surface area contributed by atoms with Crippen molar-refractivity contribution < 1.29 is 4.43 Å². The number of rotatable bonds is 7. The zero-order valence-electron chi connectivity index (χ0n) is 20.2. The van der Waals surface area contributed by atoms with Crippen LogP contribution >= 0.6 is 11.8 Å². The summed E-state index contributed by atoms with van der Waals surface area (Å²) in [6, 6.07) is 33.9. The van der Waals surface area contributed by atoms with Gasteiger partial charge < -0.3 is 4.43 Å². The van der Waals surface area contributed by atoms with Gasteiger partial charge in [0.2, 0.25) is 9.04 Å². The molecule has 0 bridgehead atoms. The van der Waals surface area contributed by atoms with E-state index in [0.29, 0.717) is 12.3 Å². The van der Waals surface area contributed by atoms with E-state index in [1.165, 1.54) is 15.9 Å². The monoisotopic (exact) mass is 482 g/mol. The van der Waals surface area contributed by atoms with E-state index in [1.807, 2.05) is 30.5 Å². The van der Waals surface area contributed by atoms with Gasteiger partial charge in [0.25, 0.3) is 0 Å². The van der Waals surface area contributed by atoms with Crippen LogP contribution < -0.4 is 10.4 Å². The van der Waals surface area contributed by atoms with Gasteiger partial charge in [-0.3, -0.25) is 4.57 Å². The van der Waals surface area contributed by atoms with Gasteiger partial charge in [-0.15, -0.1) is 11.8 Å². The number of hydrogen-bond donors (Lipinski definition) is 0. The molecule has 3 aromatic carbocycles. The summed E-state index contributed by atoms with van der Waals surface area (Å²) in [5, 5.41) is 13.3. The van der Waals surface area contributed by atoms with E-state index in [-0.39, 0.29) is 5.41 Å². The highest BCUT2D eigenvalue weighted by atomic mass is 32.2. The fourth-order valence-electron chi connectivity index (χ4n) is 4.11. The molecule has 5 heteroatoms. The Morgan fingerprint density at radius 3 is 2.03 bits per heavy atom. The maximum Gasteiger partial charge on any atom is 0.240 e. The molecule has 0 unspecified atom stereocenters. The Hall–Kier alpha value is -3.04. The van der Waals surface area contributed by atoms with Gasteiger partial charge in [-0.2, -0.15) is 5.26 Å². The van der Waals surface area contributed by atoms with E-state index in [9.17, 15) is 5.26 Å². The molecule has 4 aromatic rings. The molecule has 0 N–H and O–H groups in total. The summed E-state index contributed by atoms with van der Waals surface area (Å²) < 4.78 is 8.84. The SMILES string of the molecule is CSc1ccc(C#N)n1-c1ccc(C(C)(C)C)cc1CO[SiH](c1ccccc1)c1ccccc1. The van der Waals surface area contributed by atoms with Crippen LogP contribution in [0.3, 0.4) is 0 Å². The third-order valence-electron chi connectivity index (χ3n) is 5.97. The molecule has 3 nitrogen and oxygen atoms in total. The van der Waals surface area contributed by atoms with Gasteiger partial charge in [0, 0.05) is 5.56 Å². The largest absolute Gasteiger partial charge is 0.407 e. The van der Waals surface area contributed by atoms with Gasteiger partial charge >= 0.3 is 0 Å². The summed E-state index contributed by atoms with van der Waals surface area (Å²) in [4.78, 5) is 0. The first-order valence-corrected chi connectivity index (χ1v) is 14.3. The normalized spacial score (nSPS) is 11.5. The molecular formula is C29H30N2OSSi. The highest BCUT2D eigenvalue weighted by Crippen LogP contribution is 2.31. The van der Waals surface area contributed by atoms with Gasteiger partial charge in [0.05, 0.1) is 17.3 Å².